The molecule has 1 aliphatic carbocycles. The van der Waals surface area contributed by atoms with Crippen molar-refractivity contribution < 1.29 is 23.6 Å². The van der Waals surface area contributed by atoms with Crippen LogP contribution in [-0.2, 0) is 6.54 Å². The van der Waals surface area contributed by atoms with E-state index in [1.165, 1.54) is 32.9 Å². The van der Waals surface area contributed by atoms with Crippen molar-refractivity contribution in [3.05, 3.63) is 98.3 Å². The molecule has 10 heteroatoms. The fourth-order valence-corrected chi connectivity index (χ4v) is 6.20. The van der Waals surface area contributed by atoms with Gasteiger partial charge in [-0.25, -0.2) is 4.63 Å². The number of aromatic nitrogens is 3. The zero-order valence-corrected chi connectivity index (χ0v) is 21.6. The Labute approximate surface area is 226 Å². The Bertz CT molecular complexity index is 1900. The summed E-state index contributed by atoms with van der Waals surface area (Å²) >= 11 is 1.78. The van der Waals surface area contributed by atoms with Crippen LogP contribution in [0, 0.1) is 10.1 Å². The van der Waals surface area contributed by atoms with Crippen LogP contribution in [0.15, 0.2) is 82.2 Å². The van der Waals surface area contributed by atoms with E-state index >= 15 is 0 Å². The highest BCUT2D eigenvalue weighted by atomic mass is 32.1. The molecule has 0 bridgehead atoms. The molecule has 0 spiro atoms. The molecule has 0 unspecified atom stereocenters. The Morgan fingerprint density at radius 2 is 1.97 bits per heavy atom. The molecule has 0 radical (unpaired) electrons. The van der Waals surface area contributed by atoms with Crippen LogP contribution in [0.3, 0.4) is 0 Å². The summed E-state index contributed by atoms with van der Waals surface area (Å²) in [6.07, 6.45) is 8.35. The predicted molar refractivity (Wildman–Crippen MR) is 147 cm³/mol. The number of fused-ring (bicyclic) bond motifs is 4. The van der Waals surface area contributed by atoms with E-state index in [0.29, 0.717) is 17.2 Å². The highest BCUT2D eigenvalue weighted by Gasteiger charge is 2.27. The van der Waals surface area contributed by atoms with Crippen LogP contribution in [0.5, 0.6) is 17.2 Å². The first-order valence-electron chi connectivity index (χ1n) is 12.5. The van der Waals surface area contributed by atoms with Crippen LogP contribution in [0.1, 0.15) is 30.3 Å². The Hall–Kier alpha value is -4.83. The summed E-state index contributed by atoms with van der Waals surface area (Å²) in [6.45, 7) is 3.06. The minimum Gasteiger partial charge on any atom is -0.456 e. The van der Waals surface area contributed by atoms with E-state index in [-0.39, 0.29) is 16.7 Å². The van der Waals surface area contributed by atoms with Crippen molar-refractivity contribution in [2.45, 2.75) is 26.3 Å². The summed E-state index contributed by atoms with van der Waals surface area (Å²) in [4.78, 5) is 10.8. The summed E-state index contributed by atoms with van der Waals surface area (Å²) in [5.41, 5.74) is 4.58. The summed E-state index contributed by atoms with van der Waals surface area (Å²) in [7, 11) is 0. The van der Waals surface area contributed by atoms with Crippen LogP contribution in [-0.4, -0.2) is 15.2 Å². The number of rotatable bonds is 6. The number of allylic oxidation sites excluding steroid dienone is 3. The molecule has 1 aliphatic heterocycles. The molecular weight excluding hydrogens is 516 g/mol. The number of nitro groups is 1. The molecule has 0 saturated heterocycles. The van der Waals surface area contributed by atoms with Gasteiger partial charge in [0.25, 0.3) is 5.01 Å². The number of nitrogens with zero attached hydrogens (tertiary/aromatic N) is 4. The molecule has 0 fully saturated rings. The molecule has 7 rings (SSSR count). The van der Waals surface area contributed by atoms with Crippen molar-refractivity contribution in [3.63, 3.8) is 0 Å². The average molecular weight is 538 g/mol. The second-order valence-electron chi connectivity index (χ2n) is 9.21. The SMILES string of the molecule is CC[n+]1c(/C=C/C2=C3Oc4cc(Oc5ccc([N+](=O)[O-])c6nonc56)ccc4C=C3CC2)sc2ccccc21. The van der Waals surface area contributed by atoms with Gasteiger partial charge < -0.3 is 9.47 Å². The molecule has 192 valence electrons. The molecule has 39 heavy (non-hydrogen) atoms. The highest BCUT2D eigenvalue weighted by Crippen LogP contribution is 2.43. The van der Waals surface area contributed by atoms with Crippen LogP contribution >= 0.6 is 11.3 Å². The van der Waals surface area contributed by atoms with E-state index in [1.54, 1.807) is 11.3 Å². The van der Waals surface area contributed by atoms with E-state index in [1.807, 2.05) is 18.2 Å². The monoisotopic (exact) mass is 537 g/mol. The summed E-state index contributed by atoms with van der Waals surface area (Å²) < 4.78 is 20.8. The first-order chi connectivity index (χ1) is 19.1. The van der Waals surface area contributed by atoms with E-state index in [4.69, 9.17) is 14.1 Å². The molecule has 2 aromatic heterocycles. The van der Waals surface area contributed by atoms with Gasteiger partial charge in [0.05, 0.1) is 4.92 Å². The lowest BCUT2D eigenvalue weighted by molar-refractivity contribution is -0.665. The summed E-state index contributed by atoms with van der Waals surface area (Å²) in [5, 5.41) is 19.9. The quantitative estimate of drug-likeness (QED) is 0.131. The number of para-hydroxylation sites is 1. The average Bonchev–Trinajstić information content (AvgIpc) is 3.67. The zero-order valence-electron chi connectivity index (χ0n) is 20.8. The van der Waals surface area contributed by atoms with Crippen molar-refractivity contribution in [1.29, 1.82) is 0 Å². The number of benzene rings is 3. The largest absolute Gasteiger partial charge is 0.456 e. The molecule has 3 heterocycles. The van der Waals surface area contributed by atoms with Crippen molar-refractivity contribution in [1.82, 2.24) is 10.3 Å². The van der Waals surface area contributed by atoms with E-state index in [9.17, 15) is 10.1 Å². The Kier molecular flexibility index (Phi) is 5.48. The molecule has 5 aromatic rings. The predicted octanol–water partition coefficient (Wildman–Crippen LogP) is 6.98. The lowest BCUT2D eigenvalue weighted by Crippen LogP contribution is -2.33. The third-order valence-corrected chi connectivity index (χ3v) is 8.07. The zero-order chi connectivity index (χ0) is 26.5. The highest BCUT2D eigenvalue weighted by molar-refractivity contribution is 7.18. The lowest BCUT2D eigenvalue weighted by Gasteiger charge is -2.19. The molecular formula is C29H21N4O5S+. The number of aryl methyl sites for hydroxylation is 1. The van der Waals surface area contributed by atoms with Gasteiger partial charge in [-0.2, -0.15) is 4.57 Å². The molecule has 2 aliphatic rings. The molecule has 0 amide bonds. The normalized spacial score (nSPS) is 14.5. The van der Waals surface area contributed by atoms with Crippen molar-refractivity contribution in [2.24, 2.45) is 0 Å². The van der Waals surface area contributed by atoms with Gasteiger partial charge in [-0.3, -0.25) is 10.1 Å². The lowest BCUT2D eigenvalue weighted by atomic mass is 10.1. The number of hydrogen-bond acceptors (Lipinski definition) is 8. The third-order valence-electron chi connectivity index (χ3n) is 6.94. The van der Waals surface area contributed by atoms with Crippen LogP contribution in [0.4, 0.5) is 5.69 Å². The van der Waals surface area contributed by atoms with Gasteiger partial charge in [-0.15, -0.1) is 0 Å². The molecule has 9 nitrogen and oxygen atoms in total. The van der Waals surface area contributed by atoms with Crippen LogP contribution in [0.2, 0.25) is 0 Å². The van der Waals surface area contributed by atoms with E-state index < -0.39 is 4.92 Å². The van der Waals surface area contributed by atoms with Crippen molar-refractivity contribution >= 4 is 50.4 Å². The number of nitro benzene ring substituents is 1. The first-order valence-corrected chi connectivity index (χ1v) is 13.3. The van der Waals surface area contributed by atoms with Crippen LogP contribution in [0.25, 0.3) is 33.4 Å². The van der Waals surface area contributed by atoms with Gasteiger partial charge in [0.1, 0.15) is 28.5 Å². The van der Waals surface area contributed by atoms with Gasteiger partial charge in [0.2, 0.25) is 11.0 Å². The third kappa shape index (κ3) is 3.96. The maximum atomic E-state index is 11.3. The van der Waals surface area contributed by atoms with Gasteiger partial charge >= 0.3 is 5.69 Å². The number of hydrogen-bond donors (Lipinski definition) is 0. The second kappa shape index (κ2) is 9.17. The van der Waals surface area contributed by atoms with Gasteiger partial charge in [0, 0.05) is 29.8 Å². The summed E-state index contributed by atoms with van der Waals surface area (Å²) in [6, 6.07) is 16.9. The topological polar surface area (TPSA) is 104 Å². The Morgan fingerprint density at radius 3 is 2.85 bits per heavy atom. The fourth-order valence-electron chi connectivity index (χ4n) is 5.08. The Balaban J connectivity index is 1.19. The van der Waals surface area contributed by atoms with E-state index in [2.05, 4.69) is 64.3 Å². The van der Waals surface area contributed by atoms with Gasteiger partial charge in [-0.05, 0) is 77.6 Å². The maximum absolute atomic E-state index is 11.3. The Morgan fingerprint density at radius 1 is 1.10 bits per heavy atom. The van der Waals surface area contributed by atoms with Crippen molar-refractivity contribution in [2.75, 3.05) is 0 Å². The second-order valence-corrected chi connectivity index (χ2v) is 10.3. The standard InChI is InChI=1S/C29H21N4O5S/c1-2-32-21-5-3-4-6-25(21)39-26(32)14-10-17-7-8-19-15-18-9-11-20(16-24(18)37-29(17)19)36-23-13-12-22(33(34)35)27-28(23)31-38-30-27/h3-6,9-16H,2,7-8H2,1H3/q+1/b14-10+. The first kappa shape index (κ1) is 23.3. The fraction of sp³-hybridized carbons (Fsp3) is 0.138. The minimum absolute atomic E-state index is 0.0369. The van der Waals surface area contributed by atoms with Crippen LogP contribution < -0.4 is 14.0 Å². The van der Waals surface area contributed by atoms with E-state index in [0.717, 1.165) is 36.3 Å². The molecule has 0 saturated carbocycles. The molecule has 3 aromatic carbocycles. The van der Waals surface area contributed by atoms with Gasteiger partial charge in [-0.1, -0.05) is 23.5 Å². The maximum Gasteiger partial charge on any atom is 0.301 e. The number of ether oxygens (including phenoxy) is 2. The summed E-state index contributed by atoms with van der Waals surface area (Å²) in [5.74, 6) is 2.38. The minimum atomic E-state index is -0.531. The number of non-ortho nitro benzene ring substituents is 1. The molecule has 0 atom stereocenters. The van der Waals surface area contributed by atoms with Gasteiger partial charge in [0.15, 0.2) is 11.3 Å². The number of thiazole rings is 1. The smallest absolute Gasteiger partial charge is 0.301 e. The molecule has 0 N–H and O–H groups in total. The van der Waals surface area contributed by atoms with Crippen molar-refractivity contribution in [3.8, 4) is 17.2 Å².